The summed E-state index contributed by atoms with van der Waals surface area (Å²) in [5.74, 6) is -3.72. The van der Waals surface area contributed by atoms with Crippen LogP contribution in [-0.4, -0.2) is 39.7 Å². The molecule has 3 heterocycles. The van der Waals surface area contributed by atoms with E-state index in [1.54, 1.807) is 17.0 Å². The minimum Gasteiger partial charge on any atom is -0.351 e. The lowest BCUT2D eigenvalue weighted by atomic mass is 9.88. The van der Waals surface area contributed by atoms with Crippen LogP contribution in [-0.2, 0) is 14.4 Å². The molecule has 0 bridgehead atoms. The summed E-state index contributed by atoms with van der Waals surface area (Å²) in [6.45, 7) is 0. The minimum absolute atomic E-state index is 0.0647. The van der Waals surface area contributed by atoms with E-state index >= 15 is 0 Å². The topological polar surface area (TPSA) is 156 Å². The van der Waals surface area contributed by atoms with Crippen LogP contribution in [0.15, 0.2) is 78.9 Å². The van der Waals surface area contributed by atoms with Crippen molar-refractivity contribution in [3.63, 3.8) is 0 Å². The lowest BCUT2D eigenvalue weighted by Crippen LogP contribution is -2.50. The van der Waals surface area contributed by atoms with E-state index in [-0.39, 0.29) is 17.1 Å². The number of hydrogen-bond donors (Lipinski definition) is 1. The average molecular weight is 525 g/mol. The quantitative estimate of drug-likeness (QED) is 0.301. The summed E-state index contributed by atoms with van der Waals surface area (Å²) < 4.78 is 0. The molecule has 0 radical (unpaired) electrons. The lowest BCUT2D eigenvalue weighted by molar-refractivity contribution is -0.385. The molecule has 3 aliphatic rings. The summed E-state index contributed by atoms with van der Waals surface area (Å²) in [4.78, 5) is 65.3. The zero-order valence-corrected chi connectivity index (χ0v) is 20.0. The van der Waals surface area contributed by atoms with Crippen molar-refractivity contribution in [1.29, 1.82) is 0 Å². The first-order chi connectivity index (χ1) is 18.8. The molecule has 2 fully saturated rings. The molecule has 0 spiro atoms. The van der Waals surface area contributed by atoms with Gasteiger partial charge in [0, 0.05) is 35.6 Å². The summed E-state index contributed by atoms with van der Waals surface area (Å²) in [6, 6.07) is 16.1. The van der Waals surface area contributed by atoms with Crippen LogP contribution < -0.4 is 15.1 Å². The van der Waals surface area contributed by atoms with Crippen molar-refractivity contribution in [3.05, 3.63) is 105 Å². The van der Waals surface area contributed by atoms with Gasteiger partial charge in [-0.2, -0.15) is 0 Å². The average Bonchev–Trinajstić information content (AvgIpc) is 3.41. The Hall–Kier alpha value is -5.39. The van der Waals surface area contributed by atoms with Gasteiger partial charge in [-0.05, 0) is 29.8 Å². The van der Waals surface area contributed by atoms with E-state index in [4.69, 9.17) is 0 Å². The first-order valence-electron chi connectivity index (χ1n) is 12.0. The summed E-state index contributed by atoms with van der Waals surface area (Å²) >= 11 is 0. The monoisotopic (exact) mass is 525 g/mol. The molecule has 3 aliphatic heterocycles. The zero-order chi connectivity index (χ0) is 27.4. The minimum atomic E-state index is -1.10. The number of imide groups is 1. The number of amides is 3. The Bertz CT molecular complexity index is 1600. The summed E-state index contributed by atoms with van der Waals surface area (Å²) in [6.07, 6.45) is 3.64. The second-order valence-electron chi connectivity index (χ2n) is 9.39. The van der Waals surface area contributed by atoms with E-state index in [1.165, 1.54) is 42.5 Å². The Labute approximate surface area is 220 Å². The first-order valence-corrected chi connectivity index (χ1v) is 12.0. The Kier molecular flexibility index (Phi) is 5.45. The largest absolute Gasteiger partial charge is 0.351 e. The predicted molar refractivity (Wildman–Crippen MR) is 140 cm³/mol. The van der Waals surface area contributed by atoms with Gasteiger partial charge in [0.05, 0.1) is 33.4 Å². The van der Waals surface area contributed by atoms with Gasteiger partial charge in [0.1, 0.15) is 6.04 Å². The van der Waals surface area contributed by atoms with Crippen LogP contribution in [0.3, 0.4) is 0 Å². The molecule has 194 valence electrons. The van der Waals surface area contributed by atoms with Gasteiger partial charge >= 0.3 is 0 Å². The maximum atomic E-state index is 13.9. The van der Waals surface area contributed by atoms with Crippen molar-refractivity contribution in [1.82, 2.24) is 0 Å². The molecule has 0 aromatic heterocycles. The number of rotatable bonds is 5. The molecule has 6 rings (SSSR count). The van der Waals surface area contributed by atoms with Crippen molar-refractivity contribution in [2.45, 2.75) is 12.1 Å². The smallest absolute Gasteiger partial charge is 0.271 e. The summed E-state index contributed by atoms with van der Waals surface area (Å²) in [5.41, 5.74) is 1.44. The van der Waals surface area contributed by atoms with Gasteiger partial charge in [-0.1, -0.05) is 36.4 Å². The van der Waals surface area contributed by atoms with Crippen LogP contribution >= 0.6 is 0 Å². The number of fused-ring (bicyclic) bond motifs is 5. The molecule has 39 heavy (non-hydrogen) atoms. The number of nitrogens with one attached hydrogen (secondary N) is 1. The second-order valence-corrected chi connectivity index (χ2v) is 9.39. The number of para-hydroxylation sites is 1. The molecule has 0 saturated carbocycles. The van der Waals surface area contributed by atoms with Crippen LogP contribution in [0.1, 0.15) is 5.56 Å². The lowest BCUT2D eigenvalue weighted by Gasteiger charge is -2.36. The molecule has 4 unspecified atom stereocenters. The summed E-state index contributed by atoms with van der Waals surface area (Å²) in [7, 11) is 0. The van der Waals surface area contributed by atoms with Crippen LogP contribution in [0, 0.1) is 32.1 Å². The van der Waals surface area contributed by atoms with Crippen molar-refractivity contribution < 1.29 is 24.2 Å². The number of hydrogen-bond acceptors (Lipinski definition) is 8. The Morgan fingerprint density at radius 2 is 1.51 bits per heavy atom. The number of carbonyl (C=O) groups is 3. The van der Waals surface area contributed by atoms with E-state index in [0.29, 0.717) is 11.4 Å². The molecule has 12 heteroatoms. The standard InChI is InChI=1S/C27H19N5O7/c33-25(28-16-9-11-17(12-10-16)31(36)37)24-23-22(21-13-8-15-4-1-2-7-20(15)30(21)24)26(34)29(27(23)35)18-5-3-6-19(14-18)32(38)39/h1-14,21-24H,(H,28,33). The Morgan fingerprint density at radius 3 is 2.23 bits per heavy atom. The number of anilines is 3. The van der Waals surface area contributed by atoms with Gasteiger partial charge in [0.15, 0.2) is 0 Å². The number of benzene rings is 3. The highest BCUT2D eigenvalue weighted by molar-refractivity contribution is 6.25. The van der Waals surface area contributed by atoms with Crippen LogP contribution in [0.4, 0.5) is 28.4 Å². The van der Waals surface area contributed by atoms with Crippen LogP contribution in [0.2, 0.25) is 0 Å². The molecule has 1 N–H and O–H groups in total. The molecular formula is C27H19N5O7. The highest BCUT2D eigenvalue weighted by Gasteiger charge is 2.64. The predicted octanol–water partition coefficient (Wildman–Crippen LogP) is 3.53. The Balaban J connectivity index is 1.41. The number of non-ortho nitro benzene ring substituents is 2. The van der Waals surface area contributed by atoms with E-state index in [0.717, 1.165) is 16.5 Å². The molecule has 2 saturated heterocycles. The number of nitro benzene ring substituents is 2. The maximum Gasteiger partial charge on any atom is 0.271 e. The zero-order valence-electron chi connectivity index (χ0n) is 20.0. The highest BCUT2D eigenvalue weighted by Crippen LogP contribution is 2.49. The number of nitrogens with zero attached hydrogens (tertiary/aromatic N) is 4. The van der Waals surface area contributed by atoms with Crippen LogP contribution in [0.25, 0.3) is 6.08 Å². The molecule has 3 aromatic rings. The van der Waals surface area contributed by atoms with Crippen molar-refractivity contribution in [3.8, 4) is 0 Å². The highest BCUT2D eigenvalue weighted by atomic mass is 16.6. The fraction of sp³-hybridized carbons (Fsp3) is 0.148. The van der Waals surface area contributed by atoms with Crippen molar-refractivity contribution in [2.75, 3.05) is 15.1 Å². The van der Waals surface area contributed by atoms with E-state index in [2.05, 4.69) is 5.32 Å². The SMILES string of the molecule is O=C(Nc1ccc([N+](=O)[O-])cc1)C1C2C(=O)N(c3cccc([N+](=O)[O-])c3)C(=O)C2C2C=Cc3ccccc3N21. The fourth-order valence-electron chi connectivity index (χ4n) is 5.70. The molecule has 4 atom stereocenters. The normalized spacial score (nSPS) is 22.8. The van der Waals surface area contributed by atoms with E-state index in [1.807, 2.05) is 24.3 Å². The third-order valence-corrected chi connectivity index (χ3v) is 7.33. The third kappa shape index (κ3) is 3.72. The van der Waals surface area contributed by atoms with E-state index < -0.39 is 51.5 Å². The van der Waals surface area contributed by atoms with Gasteiger partial charge in [0.2, 0.25) is 17.7 Å². The molecule has 12 nitrogen and oxygen atoms in total. The summed E-state index contributed by atoms with van der Waals surface area (Å²) in [5, 5.41) is 25.1. The van der Waals surface area contributed by atoms with Crippen molar-refractivity contribution >= 4 is 52.2 Å². The van der Waals surface area contributed by atoms with Gasteiger partial charge in [-0.3, -0.25) is 34.6 Å². The molecular weight excluding hydrogens is 506 g/mol. The van der Waals surface area contributed by atoms with Crippen molar-refractivity contribution in [2.24, 2.45) is 11.8 Å². The van der Waals surface area contributed by atoms with Gasteiger partial charge < -0.3 is 10.2 Å². The van der Waals surface area contributed by atoms with E-state index in [9.17, 15) is 34.6 Å². The number of carbonyl (C=O) groups excluding carboxylic acids is 3. The molecule has 0 aliphatic carbocycles. The van der Waals surface area contributed by atoms with Gasteiger partial charge in [0.25, 0.3) is 11.4 Å². The van der Waals surface area contributed by atoms with Gasteiger partial charge in [-0.15, -0.1) is 0 Å². The molecule has 3 amide bonds. The van der Waals surface area contributed by atoms with Crippen LogP contribution in [0.5, 0.6) is 0 Å². The second kappa shape index (κ2) is 8.87. The Morgan fingerprint density at radius 1 is 0.821 bits per heavy atom. The number of nitro groups is 2. The molecule has 3 aromatic carbocycles. The maximum absolute atomic E-state index is 13.9. The first kappa shape index (κ1) is 24.0. The fourth-order valence-corrected chi connectivity index (χ4v) is 5.70. The third-order valence-electron chi connectivity index (χ3n) is 7.33. The van der Waals surface area contributed by atoms with Gasteiger partial charge in [-0.25, -0.2) is 4.90 Å².